The van der Waals surface area contributed by atoms with Crippen LogP contribution in [0.5, 0.6) is 0 Å². The van der Waals surface area contributed by atoms with Crippen LogP contribution in [0.1, 0.15) is 31.4 Å². The van der Waals surface area contributed by atoms with E-state index in [0.29, 0.717) is 18.6 Å². The summed E-state index contributed by atoms with van der Waals surface area (Å²) < 4.78 is 23.0. The van der Waals surface area contributed by atoms with E-state index in [-0.39, 0.29) is 12.3 Å². The molecule has 126 valence electrons. The van der Waals surface area contributed by atoms with Crippen molar-refractivity contribution in [1.82, 2.24) is 5.32 Å². The van der Waals surface area contributed by atoms with Crippen molar-refractivity contribution in [2.75, 3.05) is 13.7 Å². The molecule has 0 radical (unpaired) electrons. The van der Waals surface area contributed by atoms with Crippen LogP contribution >= 0.6 is 0 Å². The lowest BCUT2D eigenvalue weighted by atomic mass is 10.0. The van der Waals surface area contributed by atoms with Gasteiger partial charge in [-0.1, -0.05) is 18.2 Å². The summed E-state index contributed by atoms with van der Waals surface area (Å²) in [6.45, 7) is 5.59. The minimum Gasteiger partial charge on any atom is -0.469 e. The quantitative estimate of drug-likeness (QED) is 0.431. The molecule has 0 aliphatic rings. The third-order valence-electron chi connectivity index (χ3n) is 3.25. The number of esters is 1. The molecule has 0 heterocycles. The summed E-state index contributed by atoms with van der Waals surface area (Å²) in [4.78, 5) is 23.7. The van der Waals surface area contributed by atoms with Gasteiger partial charge in [0.25, 0.3) is 0 Å². The largest absolute Gasteiger partial charge is 0.469 e. The van der Waals surface area contributed by atoms with Crippen LogP contribution < -0.4 is 5.32 Å². The normalized spacial score (nSPS) is 13.0. The molecule has 0 aliphatic carbocycles. The lowest BCUT2D eigenvalue weighted by Gasteiger charge is -2.21. The molecular weight excluding hydrogens is 301 g/mol. The van der Waals surface area contributed by atoms with Crippen LogP contribution in [0.25, 0.3) is 0 Å². The molecule has 0 aromatic heterocycles. The van der Waals surface area contributed by atoms with Gasteiger partial charge in [0.2, 0.25) is 5.91 Å². The first kappa shape index (κ1) is 18.8. The molecule has 0 bridgehead atoms. The monoisotopic (exact) mass is 323 g/mol. The second-order valence-electron chi connectivity index (χ2n) is 4.98. The summed E-state index contributed by atoms with van der Waals surface area (Å²) in [7, 11) is 1.27. The van der Waals surface area contributed by atoms with Crippen LogP contribution in [0, 0.1) is 5.82 Å². The predicted octanol–water partition coefficient (Wildman–Crippen LogP) is 2.53. The number of amides is 1. The molecule has 1 aromatic rings. The maximum Gasteiger partial charge on any atom is 0.307 e. The van der Waals surface area contributed by atoms with E-state index < -0.39 is 23.9 Å². The molecule has 2 unspecified atom stereocenters. The Hall–Kier alpha value is -2.21. The molecule has 1 N–H and O–H groups in total. The minimum atomic E-state index is -0.671. The number of benzene rings is 1. The molecule has 0 spiro atoms. The van der Waals surface area contributed by atoms with Gasteiger partial charge in [-0.3, -0.25) is 9.59 Å². The van der Waals surface area contributed by atoms with Gasteiger partial charge in [0.15, 0.2) is 0 Å². The summed E-state index contributed by atoms with van der Waals surface area (Å²) in [5.41, 5.74) is 0.614. The number of rotatable bonds is 9. The van der Waals surface area contributed by atoms with Gasteiger partial charge in [-0.2, -0.15) is 0 Å². The van der Waals surface area contributed by atoms with Crippen molar-refractivity contribution in [3.05, 3.63) is 48.3 Å². The molecule has 1 amide bonds. The lowest BCUT2D eigenvalue weighted by molar-refractivity contribution is -0.141. The number of carbonyl (C=O) groups is 2. The first-order valence-electron chi connectivity index (χ1n) is 7.33. The molecule has 1 aromatic carbocycles. The van der Waals surface area contributed by atoms with Crippen molar-refractivity contribution in [2.24, 2.45) is 0 Å². The summed E-state index contributed by atoms with van der Waals surface area (Å²) in [6, 6.07) is 4.98. The predicted molar refractivity (Wildman–Crippen MR) is 84.1 cm³/mol. The summed E-state index contributed by atoms with van der Waals surface area (Å²) in [5, 5.41) is 2.73. The first-order valence-corrected chi connectivity index (χ1v) is 7.33. The molecule has 0 fully saturated rings. The second kappa shape index (κ2) is 9.74. The van der Waals surface area contributed by atoms with Gasteiger partial charge in [-0.05, 0) is 31.0 Å². The van der Waals surface area contributed by atoms with Crippen LogP contribution in [-0.2, 0) is 19.1 Å². The van der Waals surface area contributed by atoms with Crippen molar-refractivity contribution in [2.45, 2.75) is 31.9 Å². The summed E-state index contributed by atoms with van der Waals surface area (Å²) in [6.07, 6.45) is 1.62. The SMILES string of the molecule is C=CCCOC(C)C(=O)NC(CC(=O)OC)c1ccc(F)cc1. The van der Waals surface area contributed by atoms with Gasteiger partial charge in [0.1, 0.15) is 11.9 Å². The van der Waals surface area contributed by atoms with Crippen molar-refractivity contribution in [3.8, 4) is 0 Å². The average molecular weight is 323 g/mol. The zero-order valence-corrected chi connectivity index (χ0v) is 13.4. The lowest BCUT2D eigenvalue weighted by Crippen LogP contribution is -2.38. The van der Waals surface area contributed by atoms with Crippen LogP contribution in [-0.4, -0.2) is 31.7 Å². The van der Waals surface area contributed by atoms with E-state index in [2.05, 4.69) is 16.6 Å². The first-order chi connectivity index (χ1) is 11.0. The fourth-order valence-corrected chi connectivity index (χ4v) is 1.89. The number of halogens is 1. The molecule has 0 saturated heterocycles. The van der Waals surface area contributed by atoms with E-state index in [0.717, 1.165) is 0 Å². The highest BCUT2D eigenvalue weighted by molar-refractivity contribution is 5.81. The molecule has 5 nitrogen and oxygen atoms in total. The van der Waals surface area contributed by atoms with Crippen LogP contribution in [0.4, 0.5) is 4.39 Å². The van der Waals surface area contributed by atoms with Gasteiger partial charge in [0.05, 0.1) is 26.2 Å². The zero-order chi connectivity index (χ0) is 17.2. The molecule has 23 heavy (non-hydrogen) atoms. The maximum atomic E-state index is 13.0. The van der Waals surface area contributed by atoms with Gasteiger partial charge in [-0.15, -0.1) is 6.58 Å². The van der Waals surface area contributed by atoms with E-state index in [1.165, 1.54) is 31.4 Å². The van der Waals surface area contributed by atoms with Crippen LogP contribution in [0.2, 0.25) is 0 Å². The molecular formula is C17H22FNO4. The Bertz CT molecular complexity index is 530. The fraction of sp³-hybridized carbons (Fsp3) is 0.412. The highest BCUT2D eigenvalue weighted by atomic mass is 19.1. The van der Waals surface area contributed by atoms with E-state index in [1.807, 2.05) is 0 Å². The Kier molecular flexibility index (Phi) is 7.97. The molecule has 0 aliphatic heterocycles. The molecule has 1 rings (SSSR count). The molecule has 6 heteroatoms. The number of ether oxygens (including phenoxy) is 2. The topological polar surface area (TPSA) is 64.6 Å². The Morgan fingerprint density at radius 3 is 2.57 bits per heavy atom. The van der Waals surface area contributed by atoms with E-state index >= 15 is 0 Å². The van der Waals surface area contributed by atoms with Gasteiger partial charge >= 0.3 is 5.97 Å². The van der Waals surface area contributed by atoms with Crippen molar-refractivity contribution in [3.63, 3.8) is 0 Å². The highest BCUT2D eigenvalue weighted by Crippen LogP contribution is 2.18. The van der Waals surface area contributed by atoms with Crippen LogP contribution in [0.15, 0.2) is 36.9 Å². The van der Waals surface area contributed by atoms with Crippen molar-refractivity contribution in [1.29, 1.82) is 0 Å². The molecule has 0 saturated carbocycles. The van der Waals surface area contributed by atoms with E-state index in [1.54, 1.807) is 13.0 Å². The third-order valence-corrected chi connectivity index (χ3v) is 3.25. The Morgan fingerprint density at radius 2 is 2.00 bits per heavy atom. The average Bonchev–Trinajstić information content (AvgIpc) is 2.54. The van der Waals surface area contributed by atoms with E-state index in [4.69, 9.17) is 4.74 Å². The minimum absolute atomic E-state index is 0.0484. The Labute approximate surface area is 135 Å². The van der Waals surface area contributed by atoms with Gasteiger partial charge in [-0.25, -0.2) is 4.39 Å². The second-order valence-corrected chi connectivity index (χ2v) is 4.98. The van der Waals surface area contributed by atoms with Crippen molar-refractivity contribution < 1.29 is 23.5 Å². The summed E-state index contributed by atoms with van der Waals surface area (Å²) >= 11 is 0. The van der Waals surface area contributed by atoms with E-state index in [9.17, 15) is 14.0 Å². The van der Waals surface area contributed by atoms with Gasteiger partial charge < -0.3 is 14.8 Å². The number of hydrogen-bond donors (Lipinski definition) is 1. The highest BCUT2D eigenvalue weighted by Gasteiger charge is 2.22. The molecule has 2 atom stereocenters. The maximum absolute atomic E-state index is 13.0. The van der Waals surface area contributed by atoms with Crippen LogP contribution in [0.3, 0.4) is 0 Å². The smallest absolute Gasteiger partial charge is 0.307 e. The standard InChI is InChI=1S/C17H22FNO4/c1-4-5-10-23-12(2)17(21)19-15(11-16(20)22-3)13-6-8-14(18)9-7-13/h4,6-9,12,15H,1,5,10-11H2,2-3H3,(H,19,21). The number of methoxy groups -OCH3 is 1. The number of nitrogens with one attached hydrogen (secondary N) is 1. The Morgan fingerprint density at radius 1 is 1.35 bits per heavy atom. The number of hydrogen-bond acceptors (Lipinski definition) is 4. The Balaban J connectivity index is 2.75. The van der Waals surface area contributed by atoms with Gasteiger partial charge in [0, 0.05) is 0 Å². The fourth-order valence-electron chi connectivity index (χ4n) is 1.89. The van der Waals surface area contributed by atoms with Crippen molar-refractivity contribution >= 4 is 11.9 Å². The zero-order valence-electron chi connectivity index (χ0n) is 13.4. The summed E-state index contributed by atoms with van der Waals surface area (Å²) in [5.74, 6) is -1.22. The number of carbonyl (C=O) groups excluding carboxylic acids is 2. The third kappa shape index (κ3) is 6.61.